The van der Waals surface area contributed by atoms with E-state index in [1.807, 2.05) is 0 Å². The molecule has 0 spiro atoms. The van der Waals surface area contributed by atoms with Crippen LogP contribution in [0.5, 0.6) is 0 Å². The topological polar surface area (TPSA) is 49.3 Å². The van der Waals surface area contributed by atoms with E-state index in [0.717, 1.165) is 19.4 Å². The van der Waals surface area contributed by atoms with Crippen molar-refractivity contribution in [3.05, 3.63) is 0 Å². The zero-order chi connectivity index (χ0) is 10.8. The number of aliphatic hydroxyl groups is 1. The molecule has 1 atom stereocenters. The molecule has 0 aliphatic rings. The molecule has 0 saturated carbocycles. The number of carbonyl (C=O) groups is 1. The number of rotatable bonds is 8. The van der Waals surface area contributed by atoms with Crippen LogP contribution in [0.15, 0.2) is 0 Å². The van der Waals surface area contributed by atoms with Crippen LogP contribution in [0.2, 0.25) is 0 Å². The summed E-state index contributed by atoms with van der Waals surface area (Å²) in [6.45, 7) is 4.71. The van der Waals surface area contributed by atoms with Gasteiger partial charge in [0.15, 0.2) is 0 Å². The third-order valence-corrected chi connectivity index (χ3v) is 2.31. The lowest BCUT2D eigenvalue weighted by atomic mass is 10.0. The van der Waals surface area contributed by atoms with Crippen LogP contribution in [-0.4, -0.2) is 24.2 Å². The monoisotopic (exact) mass is 201 g/mol. The summed E-state index contributed by atoms with van der Waals surface area (Å²) in [5.74, 6) is 0.490. The van der Waals surface area contributed by atoms with Crippen LogP contribution >= 0.6 is 0 Å². The maximum Gasteiger partial charge on any atom is 0.216 e. The zero-order valence-corrected chi connectivity index (χ0v) is 9.38. The summed E-state index contributed by atoms with van der Waals surface area (Å²) < 4.78 is 0. The molecule has 0 aliphatic heterocycles. The smallest absolute Gasteiger partial charge is 0.216 e. The van der Waals surface area contributed by atoms with Gasteiger partial charge in [-0.15, -0.1) is 0 Å². The molecule has 0 bridgehead atoms. The lowest BCUT2D eigenvalue weighted by molar-refractivity contribution is -0.118. The maximum atomic E-state index is 10.5. The Balaban J connectivity index is 3.02. The highest BCUT2D eigenvalue weighted by molar-refractivity contribution is 5.72. The van der Waals surface area contributed by atoms with E-state index in [-0.39, 0.29) is 5.91 Å². The molecule has 0 rings (SSSR count). The number of unbranched alkanes of at least 4 members (excludes halogenated alkanes) is 3. The summed E-state index contributed by atoms with van der Waals surface area (Å²) in [5.41, 5.74) is 0. The van der Waals surface area contributed by atoms with Crippen LogP contribution in [0.4, 0.5) is 0 Å². The standard InChI is InChI=1S/C11H23NO2/c1-10(9-13)7-5-3-4-6-8-12-11(2)14/h10,13H,3-9H2,1-2H3,(H,12,14)/t10-/m1/s1. The third-order valence-electron chi connectivity index (χ3n) is 2.31. The molecule has 0 aliphatic carbocycles. The van der Waals surface area contributed by atoms with Crippen LogP contribution in [0.3, 0.4) is 0 Å². The average molecular weight is 201 g/mol. The average Bonchev–Trinajstić information content (AvgIpc) is 2.15. The predicted molar refractivity (Wildman–Crippen MR) is 58.0 cm³/mol. The van der Waals surface area contributed by atoms with Crippen LogP contribution in [0.1, 0.15) is 46.0 Å². The van der Waals surface area contributed by atoms with Gasteiger partial charge >= 0.3 is 0 Å². The fourth-order valence-corrected chi connectivity index (χ4v) is 1.33. The second-order valence-corrected chi connectivity index (χ2v) is 3.97. The number of aliphatic hydroxyl groups excluding tert-OH is 1. The minimum Gasteiger partial charge on any atom is -0.396 e. The number of hydrogen-bond acceptors (Lipinski definition) is 2. The molecule has 0 aromatic heterocycles. The first-order valence-electron chi connectivity index (χ1n) is 5.52. The van der Waals surface area contributed by atoms with E-state index in [4.69, 9.17) is 5.11 Å². The Labute approximate surface area is 86.9 Å². The molecule has 14 heavy (non-hydrogen) atoms. The van der Waals surface area contributed by atoms with Gasteiger partial charge in [0.2, 0.25) is 5.91 Å². The largest absolute Gasteiger partial charge is 0.396 e. The molecule has 2 N–H and O–H groups in total. The highest BCUT2D eigenvalue weighted by Gasteiger charge is 1.98. The normalized spacial score (nSPS) is 12.5. The molecule has 0 heterocycles. The van der Waals surface area contributed by atoms with Crippen molar-refractivity contribution >= 4 is 5.91 Å². The summed E-state index contributed by atoms with van der Waals surface area (Å²) in [4.78, 5) is 10.5. The van der Waals surface area contributed by atoms with Gasteiger partial charge in [0, 0.05) is 20.1 Å². The highest BCUT2D eigenvalue weighted by Crippen LogP contribution is 2.09. The van der Waals surface area contributed by atoms with E-state index in [1.165, 1.54) is 19.3 Å². The Morgan fingerprint density at radius 2 is 1.93 bits per heavy atom. The second kappa shape index (κ2) is 9.00. The van der Waals surface area contributed by atoms with Gasteiger partial charge in [0.1, 0.15) is 0 Å². The number of carbonyl (C=O) groups excluding carboxylic acids is 1. The minimum atomic E-state index is 0.0545. The SMILES string of the molecule is CC(=O)NCCCCCC[C@@H](C)CO. The summed E-state index contributed by atoms with van der Waals surface area (Å²) >= 11 is 0. The van der Waals surface area contributed by atoms with Gasteiger partial charge in [-0.1, -0.05) is 26.2 Å². The summed E-state index contributed by atoms with van der Waals surface area (Å²) in [6, 6.07) is 0. The van der Waals surface area contributed by atoms with Crippen molar-refractivity contribution in [2.75, 3.05) is 13.2 Å². The quantitative estimate of drug-likeness (QED) is 0.587. The Morgan fingerprint density at radius 3 is 2.50 bits per heavy atom. The molecular weight excluding hydrogens is 178 g/mol. The van der Waals surface area contributed by atoms with Crippen LogP contribution in [0, 0.1) is 5.92 Å². The van der Waals surface area contributed by atoms with Gasteiger partial charge in [-0.2, -0.15) is 0 Å². The summed E-state index contributed by atoms with van der Waals surface area (Å²) in [7, 11) is 0. The first kappa shape index (κ1) is 13.4. The first-order valence-corrected chi connectivity index (χ1v) is 5.52. The van der Waals surface area contributed by atoms with Crippen LogP contribution in [0.25, 0.3) is 0 Å². The first-order chi connectivity index (χ1) is 6.66. The van der Waals surface area contributed by atoms with Gasteiger partial charge in [-0.3, -0.25) is 4.79 Å². The molecule has 3 heteroatoms. The Bertz CT molecular complexity index is 148. The second-order valence-electron chi connectivity index (χ2n) is 3.97. The van der Waals surface area contributed by atoms with Crippen molar-refractivity contribution in [2.24, 2.45) is 5.92 Å². The van der Waals surface area contributed by atoms with E-state index in [1.54, 1.807) is 6.92 Å². The van der Waals surface area contributed by atoms with Crippen molar-refractivity contribution in [3.8, 4) is 0 Å². The number of hydrogen-bond donors (Lipinski definition) is 2. The van der Waals surface area contributed by atoms with Gasteiger partial charge in [0.25, 0.3) is 0 Å². The van der Waals surface area contributed by atoms with Gasteiger partial charge in [-0.05, 0) is 18.8 Å². The van der Waals surface area contributed by atoms with E-state index < -0.39 is 0 Å². The summed E-state index contributed by atoms with van der Waals surface area (Å²) in [5, 5.41) is 11.6. The molecule has 0 aromatic rings. The Morgan fingerprint density at radius 1 is 1.29 bits per heavy atom. The minimum absolute atomic E-state index is 0.0545. The van der Waals surface area contributed by atoms with Gasteiger partial charge in [0.05, 0.1) is 0 Å². The Kier molecular flexibility index (Phi) is 8.64. The molecule has 3 nitrogen and oxygen atoms in total. The zero-order valence-electron chi connectivity index (χ0n) is 9.38. The molecule has 0 fully saturated rings. The number of amides is 1. The molecule has 0 saturated heterocycles. The van der Waals surface area contributed by atoms with Gasteiger partial charge in [-0.25, -0.2) is 0 Å². The molecular formula is C11H23NO2. The van der Waals surface area contributed by atoms with E-state index >= 15 is 0 Å². The van der Waals surface area contributed by atoms with Crippen molar-refractivity contribution in [1.82, 2.24) is 5.32 Å². The fourth-order valence-electron chi connectivity index (χ4n) is 1.33. The Hall–Kier alpha value is -0.570. The fraction of sp³-hybridized carbons (Fsp3) is 0.909. The van der Waals surface area contributed by atoms with E-state index in [9.17, 15) is 4.79 Å². The number of nitrogens with one attached hydrogen (secondary N) is 1. The molecule has 0 radical (unpaired) electrons. The van der Waals surface area contributed by atoms with E-state index in [2.05, 4.69) is 12.2 Å². The molecule has 0 unspecified atom stereocenters. The molecule has 84 valence electrons. The molecule has 0 aromatic carbocycles. The predicted octanol–water partition coefficient (Wildman–Crippen LogP) is 1.70. The van der Waals surface area contributed by atoms with Crippen LogP contribution < -0.4 is 5.32 Å². The van der Waals surface area contributed by atoms with Crippen LogP contribution in [-0.2, 0) is 4.79 Å². The van der Waals surface area contributed by atoms with Crippen molar-refractivity contribution in [2.45, 2.75) is 46.0 Å². The third kappa shape index (κ3) is 9.52. The maximum absolute atomic E-state index is 10.5. The van der Waals surface area contributed by atoms with Gasteiger partial charge < -0.3 is 10.4 Å². The molecule has 1 amide bonds. The van der Waals surface area contributed by atoms with Crippen molar-refractivity contribution in [1.29, 1.82) is 0 Å². The lowest BCUT2D eigenvalue weighted by Crippen LogP contribution is -2.20. The highest BCUT2D eigenvalue weighted by atomic mass is 16.3. The van der Waals surface area contributed by atoms with E-state index in [0.29, 0.717) is 12.5 Å². The summed E-state index contributed by atoms with van der Waals surface area (Å²) in [6.07, 6.45) is 5.72. The van der Waals surface area contributed by atoms with Crippen molar-refractivity contribution in [3.63, 3.8) is 0 Å². The van der Waals surface area contributed by atoms with Crippen molar-refractivity contribution < 1.29 is 9.90 Å². The lowest BCUT2D eigenvalue weighted by Gasteiger charge is -2.06.